The van der Waals surface area contributed by atoms with Crippen LogP contribution in [0.5, 0.6) is 11.5 Å². The van der Waals surface area contributed by atoms with E-state index >= 15 is 0 Å². The van der Waals surface area contributed by atoms with Crippen LogP contribution in [0, 0.1) is 10.1 Å². The Hall–Kier alpha value is -3.39. The lowest BCUT2D eigenvalue weighted by Crippen LogP contribution is -2.13. The van der Waals surface area contributed by atoms with Crippen LogP contribution >= 0.6 is 15.9 Å². The van der Waals surface area contributed by atoms with Crippen LogP contribution in [0.1, 0.15) is 10.4 Å². The zero-order chi connectivity index (χ0) is 21.0. The molecule has 8 heteroatoms. The van der Waals surface area contributed by atoms with Gasteiger partial charge in [0.25, 0.3) is 11.6 Å². The van der Waals surface area contributed by atoms with Crippen LogP contribution in [-0.4, -0.2) is 25.1 Å². The molecule has 0 saturated carbocycles. The summed E-state index contributed by atoms with van der Waals surface area (Å²) >= 11 is 3.20. The predicted molar refractivity (Wildman–Crippen MR) is 114 cm³/mol. The second-order valence-electron chi connectivity index (χ2n) is 6.02. The molecule has 7 nitrogen and oxygen atoms in total. The van der Waals surface area contributed by atoms with E-state index in [-0.39, 0.29) is 11.4 Å². The Labute approximate surface area is 175 Å². The Morgan fingerprint density at radius 3 is 2.52 bits per heavy atom. The third kappa shape index (κ3) is 4.55. The molecular formula is C21H17BrN2O5. The van der Waals surface area contributed by atoms with Crippen molar-refractivity contribution in [1.29, 1.82) is 0 Å². The monoisotopic (exact) mass is 456 g/mol. The Morgan fingerprint density at radius 2 is 1.83 bits per heavy atom. The number of hydrogen-bond donors (Lipinski definition) is 1. The van der Waals surface area contributed by atoms with Crippen molar-refractivity contribution in [2.24, 2.45) is 0 Å². The van der Waals surface area contributed by atoms with Crippen molar-refractivity contribution in [2.45, 2.75) is 0 Å². The number of methoxy groups -OCH3 is 2. The number of rotatable bonds is 6. The fraction of sp³-hybridized carbons (Fsp3) is 0.0952. The molecule has 0 aliphatic rings. The van der Waals surface area contributed by atoms with Gasteiger partial charge in [0.2, 0.25) is 0 Å². The summed E-state index contributed by atoms with van der Waals surface area (Å²) in [5.74, 6) is 0.788. The summed E-state index contributed by atoms with van der Waals surface area (Å²) in [7, 11) is 3.12. The van der Waals surface area contributed by atoms with Gasteiger partial charge in [-0.3, -0.25) is 14.9 Å². The molecule has 1 N–H and O–H groups in total. The Kier molecular flexibility index (Phi) is 6.13. The largest absolute Gasteiger partial charge is 0.497 e. The number of carbonyl (C=O) groups excluding carboxylic acids is 1. The standard InChI is InChI=1S/C21H17BrN2O5/c1-28-16-5-3-4-13(10-16)17-11-14(6-9-20(17)29-2)21(25)23-18-8-7-15(22)12-19(18)24(26)27/h3-12H,1-2H3,(H,23,25). The van der Waals surface area contributed by atoms with Gasteiger partial charge in [-0.05, 0) is 48.0 Å². The number of nitro groups is 1. The number of hydrogen-bond acceptors (Lipinski definition) is 5. The van der Waals surface area contributed by atoms with Crippen molar-refractivity contribution < 1.29 is 19.2 Å². The molecule has 3 aromatic carbocycles. The van der Waals surface area contributed by atoms with Crippen LogP contribution in [0.3, 0.4) is 0 Å². The summed E-state index contributed by atoms with van der Waals surface area (Å²) < 4.78 is 11.2. The second-order valence-corrected chi connectivity index (χ2v) is 6.94. The first-order valence-corrected chi connectivity index (χ1v) is 9.30. The molecule has 0 heterocycles. The molecule has 0 radical (unpaired) electrons. The van der Waals surface area contributed by atoms with Crippen LogP contribution in [0.2, 0.25) is 0 Å². The highest BCUT2D eigenvalue weighted by Gasteiger charge is 2.18. The zero-order valence-corrected chi connectivity index (χ0v) is 17.2. The van der Waals surface area contributed by atoms with Gasteiger partial charge >= 0.3 is 0 Å². The minimum atomic E-state index is -0.546. The topological polar surface area (TPSA) is 90.7 Å². The normalized spacial score (nSPS) is 10.3. The maximum absolute atomic E-state index is 12.8. The van der Waals surface area contributed by atoms with Gasteiger partial charge in [-0.1, -0.05) is 28.1 Å². The average molecular weight is 457 g/mol. The molecule has 0 fully saturated rings. The number of anilines is 1. The Morgan fingerprint density at radius 1 is 1.03 bits per heavy atom. The molecule has 0 aromatic heterocycles. The van der Waals surface area contributed by atoms with Gasteiger partial charge in [-0.25, -0.2) is 0 Å². The lowest BCUT2D eigenvalue weighted by molar-refractivity contribution is -0.384. The molecule has 0 spiro atoms. The van der Waals surface area contributed by atoms with Gasteiger partial charge in [-0.15, -0.1) is 0 Å². The molecule has 1 amide bonds. The van der Waals surface area contributed by atoms with Crippen molar-refractivity contribution in [3.05, 3.63) is 80.8 Å². The van der Waals surface area contributed by atoms with Gasteiger partial charge in [0, 0.05) is 21.7 Å². The van der Waals surface area contributed by atoms with Crippen molar-refractivity contribution in [3.63, 3.8) is 0 Å². The van der Waals surface area contributed by atoms with E-state index in [1.807, 2.05) is 24.3 Å². The molecule has 29 heavy (non-hydrogen) atoms. The fourth-order valence-electron chi connectivity index (χ4n) is 2.82. The Balaban J connectivity index is 1.97. The van der Waals surface area contributed by atoms with E-state index in [1.54, 1.807) is 38.5 Å². The molecule has 0 saturated heterocycles. The van der Waals surface area contributed by atoms with Crippen LogP contribution in [0.4, 0.5) is 11.4 Å². The van der Waals surface area contributed by atoms with Crippen molar-refractivity contribution in [2.75, 3.05) is 19.5 Å². The van der Waals surface area contributed by atoms with Gasteiger partial charge in [0.05, 0.1) is 19.1 Å². The summed E-state index contributed by atoms with van der Waals surface area (Å²) in [6.45, 7) is 0. The lowest BCUT2D eigenvalue weighted by atomic mass is 10.0. The SMILES string of the molecule is COc1cccc(-c2cc(C(=O)Nc3ccc(Br)cc3[N+](=O)[O-])ccc2OC)c1. The zero-order valence-electron chi connectivity index (χ0n) is 15.6. The number of nitrogens with one attached hydrogen (secondary N) is 1. The summed E-state index contributed by atoms with van der Waals surface area (Å²) in [6.07, 6.45) is 0. The van der Waals surface area contributed by atoms with Crippen molar-refractivity contribution >= 4 is 33.2 Å². The number of halogens is 1. The number of amides is 1. The Bertz CT molecular complexity index is 1080. The lowest BCUT2D eigenvalue weighted by Gasteiger charge is -2.12. The summed E-state index contributed by atoms with van der Waals surface area (Å²) in [5.41, 5.74) is 1.76. The molecule has 3 rings (SSSR count). The number of carbonyl (C=O) groups is 1. The maximum atomic E-state index is 12.8. The molecule has 0 aliphatic carbocycles. The van der Waals surface area contributed by atoms with Crippen molar-refractivity contribution in [3.8, 4) is 22.6 Å². The van der Waals surface area contributed by atoms with Crippen molar-refractivity contribution in [1.82, 2.24) is 0 Å². The number of benzene rings is 3. The predicted octanol–water partition coefficient (Wildman–Crippen LogP) is 5.29. The maximum Gasteiger partial charge on any atom is 0.293 e. The number of nitro benzene ring substituents is 1. The molecule has 3 aromatic rings. The van der Waals surface area contributed by atoms with Crippen LogP contribution in [-0.2, 0) is 0 Å². The van der Waals surface area contributed by atoms with E-state index in [0.29, 0.717) is 27.1 Å². The highest BCUT2D eigenvalue weighted by Crippen LogP contribution is 2.34. The molecule has 0 aliphatic heterocycles. The second kappa shape index (κ2) is 8.74. The van der Waals surface area contributed by atoms with Crippen LogP contribution in [0.25, 0.3) is 11.1 Å². The quantitative estimate of drug-likeness (QED) is 0.401. The smallest absolute Gasteiger partial charge is 0.293 e. The van der Waals surface area contributed by atoms with E-state index in [2.05, 4.69) is 21.2 Å². The molecule has 0 unspecified atom stereocenters. The minimum Gasteiger partial charge on any atom is -0.497 e. The van der Waals surface area contributed by atoms with Crippen LogP contribution in [0.15, 0.2) is 65.1 Å². The summed E-state index contributed by atoms with van der Waals surface area (Å²) in [4.78, 5) is 23.5. The fourth-order valence-corrected chi connectivity index (χ4v) is 3.17. The van der Waals surface area contributed by atoms with E-state index < -0.39 is 10.8 Å². The molecule has 148 valence electrons. The van der Waals surface area contributed by atoms with Gasteiger partial charge in [-0.2, -0.15) is 0 Å². The number of ether oxygens (including phenoxy) is 2. The third-order valence-electron chi connectivity index (χ3n) is 4.25. The highest BCUT2D eigenvalue weighted by atomic mass is 79.9. The van der Waals surface area contributed by atoms with Gasteiger partial charge in [0.1, 0.15) is 17.2 Å². The van der Waals surface area contributed by atoms with Gasteiger partial charge in [0.15, 0.2) is 0 Å². The molecule has 0 bridgehead atoms. The van der Waals surface area contributed by atoms with E-state index in [4.69, 9.17) is 9.47 Å². The first-order chi connectivity index (χ1) is 13.9. The van der Waals surface area contributed by atoms with Gasteiger partial charge < -0.3 is 14.8 Å². The van der Waals surface area contributed by atoms with Crippen LogP contribution < -0.4 is 14.8 Å². The first-order valence-electron chi connectivity index (χ1n) is 8.50. The minimum absolute atomic E-state index is 0.113. The summed E-state index contributed by atoms with van der Waals surface area (Å²) in [6, 6.07) is 16.8. The summed E-state index contributed by atoms with van der Waals surface area (Å²) in [5, 5.41) is 13.9. The molecular weight excluding hydrogens is 440 g/mol. The number of nitrogens with zero attached hydrogens (tertiary/aromatic N) is 1. The van der Waals surface area contributed by atoms with E-state index in [1.165, 1.54) is 12.1 Å². The average Bonchev–Trinajstić information content (AvgIpc) is 2.74. The van der Waals surface area contributed by atoms with E-state index in [9.17, 15) is 14.9 Å². The third-order valence-corrected chi connectivity index (χ3v) is 4.74. The first kappa shape index (κ1) is 20.3. The molecule has 0 atom stereocenters. The van der Waals surface area contributed by atoms with E-state index in [0.717, 1.165) is 5.56 Å². The highest BCUT2D eigenvalue weighted by molar-refractivity contribution is 9.10.